The summed E-state index contributed by atoms with van der Waals surface area (Å²) >= 11 is 1.62. The van der Waals surface area contributed by atoms with Crippen molar-refractivity contribution in [1.82, 2.24) is 10.3 Å². The summed E-state index contributed by atoms with van der Waals surface area (Å²) in [5, 5.41) is 5.50. The molecule has 1 unspecified atom stereocenters. The number of rotatable bonds is 9. The van der Waals surface area contributed by atoms with Crippen LogP contribution in [-0.2, 0) is 9.59 Å². The standard InChI is InChI=1S/C18H21N3O3S/c1-25-11-9-16(18(23)20-14-6-5-10-19-12-14)21-17(22)13-24-15-7-3-2-4-8-15/h2-8,10,12,16H,9,11,13H2,1H3,(H,20,23)(H,21,22). The lowest BCUT2D eigenvalue weighted by molar-refractivity contribution is -0.127. The van der Waals surface area contributed by atoms with Crippen LogP contribution in [0.2, 0.25) is 0 Å². The fourth-order valence-electron chi connectivity index (χ4n) is 2.07. The highest BCUT2D eigenvalue weighted by atomic mass is 32.2. The van der Waals surface area contributed by atoms with Crippen molar-refractivity contribution >= 4 is 29.3 Å². The van der Waals surface area contributed by atoms with Crippen molar-refractivity contribution in [3.8, 4) is 5.75 Å². The third-order valence-electron chi connectivity index (χ3n) is 3.30. The van der Waals surface area contributed by atoms with E-state index in [1.54, 1.807) is 48.4 Å². The van der Waals surface area contributed by atoms with Crippen molar-refractivity contribution < 1.29 is 14.3 Å². The summed E-state index contributed by atoms with van der Waals surface area (Å²) in [6.45, 7) is -0.139. The zero-order valence-electron chi connectivity index (χ0n) is 14.0. The number of aromatic nitrogens is 1. The maximum absolute atomic E-state index is 12.4. The van der Waals surface area contributed by atoms with E-state index in [4.69, 9.17) is 4.74 Å². The largest absolute Gasteiger partial charge is 0.484 e. The molecule has 2 amide bonds. The lowest BCUT2D eigenvalue weighted by Crippen LogP contribution is -2.45. The molecule has 6 nitrogen and oxygen atoms in total. The predicted molar refractivity (Wildman–Crippen MR) is 99.7 cm³/mol. The molecule has 0 saturated carbocycles. The van der Waals surface area contributed by atoms with Crippen LogP contribution in [0.3, 0.4) is 0 Å². The summed E-state index contributed by atoms with van der Waals surface area (Å²) in [5.41, 5.74) is 0.594. The Balaban J connectivity index is 1.89. The van der Waals surface area contributed by atoms with Crippen molar-refractivity contribution in [2.24, 2.45) is 0 Å². The average molecular weight is 359 g/mol. The number of nitrogens with zero attached hydrogens (tertiary/aromatic N) is 1. The van der Waals surface area contributed by atoms with Gasteiger partial charge in [-0.05, 0) is 42.7 Å². The maximum Gasteiger partial charge on any atom is 0.258 e. The van der Waals surface area contributed by atoms with Crippen LogP contribution < -0.4 is 15.4 Å². The Morgan fingerprint density at radius 2 is 2.00 bits per heavy atom. The molecule has 7 heteroatoms. The van der Waals surface area contributed by atoms with E-state index in [1.165, 1.54) is 0 Å². The van der Waals surface area contributed by atoms with Crippen molar-refractivity contribution in [3.05, 3.63) is 54.9 Å². The van der Waals surface area contributed by atoms with Crippen LogP contribution in [-0.4, -0.2) is 41.5 Å². The Bertz CT molecular complexity index is 668. The SMILES string of the molecule is CSCCC(NC(=O)COc1ccccc1)C(=O)Nc1cccnc1. The van der Waals surface area contributed by atoms with Crippen LogP contribution >= 0.6 is 11.8 Å². The van der Waals surface area contributed by atoms with Gasteiger partial charge < -0.3 is 15.4 Å². The van der Waals surface area contributed by atoms with E-state index in [0.717, 1.165) is 5.75 Å². The van der Waals surface area contributed by atoms with Gasteiger partial charge in [-0.2, -0.15) is 11.8 Å². The minimum Gasteiger partial charge on any atom is -0.484 e. The number of para-hydroxylation sites is 1. The molecule has 1 aromatic carbocycles. The molecule has 2 aromatic rings. The van der Waals surface area contributed by atoms with Gasteiger partial charge in [-0.15, -0.1) is 0 Å². The summed E-state index contributed by atoms with van der Waals surface area (Å²) in [7, 11) is 0. The molecule has 1 atom stereocenters. The van der Waals surface area contributed by atoms with Crippen LogP contribution in [0, 0.1) is 0 Å². The van der Waals surface area contributed by atoms with Crippen molar-refractivity contribution in [2.45, 2.75) is 12.5 Å². The Labute approximate surface area is 151 Å². The molecule has 0 aliphatic heterocycles. The summed E-state index contributed by atoms with van der Waals surface area (Å²) < 4.78 is 5.41. The van der Waals surface area contributed by atoms with E-state index in [2.05, 4.69) is 15.6 Å². The first kappa shape index (κ1) is 18.8. The number of ether oxygens (including phenoxy) is 1. The molecule has 2 rings (SSSR count). The second-order valence-electron chi connectivity index (χ2n) is 5.23. The number of carbonyl (C=O) groups is 2. The van der Waals surface area contributed by atoms with Crippen molar-refractivity contribution in [3.63, 3.8) is 0 Å². The maximum atomic E-state index is 12.4. The number of nitrogens with one attached hydrogen (secondary N) is 2. The van der Waals surface area contributed by atoms with E-state index < -0.39 is 6.04 Å². The number of anilines is 1. The van der Waals surface area contributed by atoms with Gasteiger partial charge >= 0.3 is 0 Å². The fraction of sp³-hybridized carbons (Fsp3) is 0.278. The summed E-state index contributed by atoms with van der Waals surface area (Å²) in [4.78, 5) is 28.5. The highest BCUT2D eigenvalue weighted by Crippen LogP contribution is 2.09. The first-order chi connectivity index (χ1) is 12.2. The molecular formula is C18H21N3O3S. The molecule has 0 saturated heterocycles. The van der Waals surface area contributed by atoms with Crippen molar-refractivity contribution in [2.75, 3.05) is 23.9 Å². The van der Waals surface area contributed by atoms with Gasteiger partial charge in [0, 0.05) is 6.20 Å². The number of hydrogen-bond donors (Lipinski definition) is 2. The second kappa shape index (κ2) is 10.4. The zero-order valence-corrected chi connectivity index (χ0v) is 14.8. The molecule has 0 spiro atoms. The van der Waals surface area contributed by atoms with Gasteiger partial charge in [0.2, 0.25) is 5.91 Å². The topological polar surface area (TPSA) is 80.3 Å². The Morgan fingerprint density at radius 3 is 2.68 bits per heavy atom. The van der Waals surface area contributed by atoms with Crippen LogP contribution in [0.1, 0.15) is 6.42 Å². The van der Waals surface area contributed by atoms with Crippen LogP contribution in [0.15, 0.2) is 54.9 Å². The number of hydrogen-bond acceptors (Lipinski definition) is 5. The summed E-state index contributed by atoms with van der Waals surface area (Å²) in [6, 6.07) is 11.9. The number of carbonyl (C=O) groups excluding carboxylic acids is 2. The van der Waals surface area contributed by atoms with E-state index in [0.29, 0.717) is 17.9 Å². The molecule has 0 bridgehead atoms. The first-order valence-electron chi connectivity index (χ1n) is 7.86. The lowest BCUT2D eigenvalue weighted by atomic mass is 10.2. The second-order valence-corrected chi connectivity index (χ2v) is 6.22. The Kier molecular flexibility index (Phi) is 7.78. The quantitative estimate of drug-likeness (QED) is 0.718. The van der Waals surface area contributed by atoms with E-state index in [1.807, 2.05) is 24.5 Å². The number of pyridine rings is 1. The van der Waals surface area contributed by atoms with E-state index in [-0.39, 0.29) is 18.4 Å². The molecule has 0 aliphatic carbocycles. The van der Waals surface area contributed by atoms with Crippen LogP contribution in [0.5, 0.6) is 5.75 Å². The van der Waals surface area contributed by atoms with Gasteiger partial charge in [-0.1, -0.05) is 18.2 Å². The minimum absolute atomic E-state index is 0.139. The minimum atomic E-state index is -0.625. The summed E-state index contributed by atoms with van der Waals surface area (Å²) in [5.74, 6) is 0.759. The van der Waals surface area contributed by atoms with E-state index >= 15 is 0 Å². The van der Waals surface area contributed by atoms with Crippen LogP contribution in [0.25, 0.3) is 0 Å². The third kappa shape index (κ3) is 6.84. The van der Waals surface area contributed by atoms with Crippen molar-refractivity contribution in [1.29, 1.82) is 0 Å². The Hall–Kier alpha value is -2.54. The molecular weight excluding hydrogens is 338 g/mol. The monoisotopic (exact) mass is 359 g/mol. The van der Waals surface area contributed by atoms with Gasteiger partial charge in [-0.3, -0.25) is 14.6 Å². The van der Waals surface area contributed by atoms with Gasteiger partial charge in [0.1, 0.15) is 11.8 Å². The number of thioether (sulfide) groups is 1. The molecule has 2 N–H and O–H groups in total. The molecule has 1 aromatic heterocycles. The third-order valence-corrected chi connectivity index (χ3v) is 3.95. The lowest BCUT2D eigenvalue weighted by Gasteiger charge is -2.18. The normalized spacial score (nSPS) is 11.4. The molecule has 25 heavy (non-hydrogen) atoms. The molecule has 0 radical (unpaired) electrons. The van der Waals surface area contributed by atoms with Gasteiger partial charge in [0.25, 0.3) is 5.91 Å². The molecule has 0 fully saturated rings. The van der Waals surface area contributed by atoms with Gasteiger partial charge in [0.05, 0.1) is 11.9 Å². The number of amides is 2. The molecule has 132 valence electrons. The first-order valence-corrected chi connectivity index (χ1v) is 9.25. The molecule has 1 heterocycles. The van der Waals surface area contributed by atoms with Gasteiger partial charge in [0.15, 0.2) is 6.61 Å². The average Bonchev–Trinajstić information content (AvgIpc) is 2.65. The van der Waals surface area contributed by atoms with Gasteiger partial charge in [-0.25, -0.2) is 0 Å². The highest BCUT2D eigenvalue weighted by molar-refractivity contribution is 7.98. The zero-order chi connectivity index (χ0) is 17.9. The fourth-order valence-corrected chi connectivity index (χ4v) is 2.54. The number of benzene rings is 1. The molecule has 0 aliphatic rings. The summed E-state index contributed by atoms with van der Waals surface area (Å²) in [6.07, 6.45) is 5.67. The Morgan fingerprint density at radius 1 is 1.20 bits per heavy atom. The predicted octanol–water partition coefficient (Wildman–Crippen LogP) is 2.34. The van der Waals surface area contributed by atoms with E-state index in [9.17, 15) is 9.59 Å². The highest BCUT2D eigenvalue weighted by Gasteiger charge is 2.20. The smallest absolute Gasteiger partial charge is 0.258 e. The van der Waals surface area contributed by atoms with Crippen LogP contribution in [0.4, 0.5) is 5.69 Å².